The van der Waals surface area contributed by atoms with Crippen molar-refractivity contribution in [3.8, 4) is 0 Å². The lowest BCUT2D eigenvalue weighted by Gasteiger charge is -2.33. The molecule has 0 atom stereocenters. The molecule has 26 heavy (non-hydrogen) atoms. The highest BCUT2D eigenvalue weighted by Gasteiger charge is 2.33. The van der Waals surface area contributed by atoms with Crippen molar-refractivity contribution in [1.29, 1.82) is 0 Å². The summed E-state index contributed by atoms with van der Waals surface area (Å²) in [6, 6.07) is 6.58. The number of hydrogen-bond donors (Lipinski definition) is 2. The zero-order valence-corrected chi connectivity index (χ0v) is 14.8. The zero-order chi connectivity index (χ0) is 19.2. The van der Waals surface area contributed by atoms with Crippen molar-refractivity contribution < 1.29 is 18.3 Å². The smallest absolute Gasteiger partial charge is 0.385 e. The lowest BCUT2D eigenvalue weighted by molar-refractivity contribution is -0.137. The van der Waals surface area contributed by atoms with Crippen LogP contribution < -0.4 is 10.2 Å². The lowest BCUT2D eigenvalue weighted by Crippen LogP contribution is -2.39. The number of piperidine rings is 1. The Morgan fingerprint density at radius 1 is 1.04 bits per heavy atom. The quantitative estimate of drug-likeness (QED) is 0.854. The van der Waals surface area contributed by atoms with Crippen LogP contribution in [0.1, 0.15) is 24.0 Å². The third-order valence-electron chi connectivity index (χ3n) is 4.13. The number of halogens is 3. The molecule has 2 N–H and O–H groups in total. The van der Waals surface area contributed by atoms with Crippen LogP contribution in [0.5, 0.6) is 0 Å². The first-order chi connectivity index (χ1) is 12.2. The highest BCUT2D eigenvalue weighted by molar-refractivity contribution is 5.29. The van der Waals surface area contributed by atoms with Crippen LogP contribution in [0, 0.1) is 0 Å². The van der Waals surface area contributed by atoms with Gasteiger partial charge < -0.3 is 15.3 Å². The Labute approximate surface area is 150 Å². The Balaban J connectivity index is 0.000000228. The van der Waals surface area contributed by atoms with Gasteiger partial charge in [-0.15, -0.1) is 0 Å². The molecule has 0 amide bonds. The summed E-state index contributed by atoms with van der Waals surface area (Å²) in [4.78, 5) is 9.85. The van der Waals surface area contributed by atoms with Gasteiger partial charge in [0.2, 0.25) is 5.95 Å². The molecule has 1 saturated heterocycles. The fourth-order valence-electron chi connectivity index (χ4n) is 2.62. The highest BCUT2D eigenvalue weighted by Crippen LogP contribution is 2.34. The van der Waals surface area contributed by atoms with E-state index in [4.69, 9.17) is 0 Å². The van der Waals surface area contributed by atoms with Crippen LogP contribution >= 0.6 is 0 Å². The monoisotopic (exact) mass is 368 g/mol. The van der Waals surface area contributed by atoms with Gasteiger partial charge in [0.15, 0.2) is 0 Å². The van der Waals surface area contributed by atoms with E-state index in [1.165, 1.54) is 12.1 Å². The third-order valence-corrected chi connectivity index (χ3v) is 4.13. The van der Waals surface area contributed by atoms with Gasteiger partial charge in [0.1, 0.15) is 0 Å². The fourth-order valence-corrected chi connectivity index (χ4v) is 2.62. The molecular formula is C18H23F3N4O. The van der Waals surface area contributed by atoms with Crippen LogP contribution in [0.4, 0.5) is 19.1 Å². The predicted molar refractivity (Wildman–Crippen MR) is 93.8 cm³/mol. The second-order valence-electron chi connectivity index (χ2n) is 6.30. The Hall–Kier alpha value is -2.19. The van der Waals surface area contributed by atoms with Crippen molar-refractivity contribution in [2.24, 2.45) is 0 Å². The third kappa shape index (κ3) is 5.40. The highest BCUT2D eigenvalue weighted by atomic mass is 19.4. The van der Waals surface area contributed by atoms with Crippen molar-refractivity contribution in [3.63, 3.8) is 0 Å². The Morgan fingerprint density at radius 2 is 1.58 bits per heavy atom. The molecule has 1 fully saturated rings. The topological polar surface area (TPSA) is 61.3 Å². The van der Waals surface area contributed by atoms with E-state index in [-0.39, 0.29) is 0 Å². The maximum absolute atomic E-state index is 12.4. The first-order valence-corrected chi connectivity index (χ1v) is 8.27. The SMILES string of the molecule is CN(C)c1ncccn1.OC1(c2ccc(C(F)(F)F)cc2)CCNCC1. The predicted octanol–water partition coefficient (Wildman–Crippen LogP) is 2.82. The van der Waals surface area contributed by atoms with Gasteiger partial charge in [-0.25, -0.2) is 9.97 Å². The van der Waals surface area contributed by atoms with E-state index in [0.717, 1.165) is 18.1 Å². The summed E-state index contributed by atoms with van der Waals surface area (Å²) in [6.45, 7) is 1.36. The average Bonchev–Trinajstić information content (AvgIpc) is 2.63. The van der Waals surface area contributed by atoms with Crippen molar-refractivity contribution >= 4 is 5.95 Å². The van der Waals surface area contributed by atoms with E-state index in [1.807, 2.05) is 19.0 Å². The first kappa shape index (κ1) is 20.1. The maximum atomic E-state index is 12.4. The molecule has 8 heteroatoms. The van der Waals surface area contributed by atoms with E-state index < -0.39 is 17.3 Å². The van der Waals surface area contributed by atoms with E-state index >= 15 is 0 Å². The standard InChI is InChI=1S/C12H14F3NO.C6H9N3/c13-12(14,15)10-3-1-9(2-4-10)11(17)5-7-16-8-6-11;1-9(2)6-7-4-3-5-8-6/h1-4,16-17H,5-8H2;3-5H,1-2H3. The van der Waals surface area contributed by atoms with Crippen molar-refractivity contribution in [2.45, 2.75) is 24.6 Å². The molecule has 0 unspecified atom stereocenters. The number of aromatic nitrogens is 2. The molecule has 1 aromatic heterocycles. The Morgan fingerprint density at radius 3 is 2.00 bits per heavy atom. The minimum Gasteiger partial charge on any atom is -0.385 e. The molecule has 2 aromatic rings. The molecule has 142 valence electrons. The van der Waals surface area contributed by atoms with Gasteiger partial charge in [-0.05, 0) is 49.7 Å². The number of anilines is 1. The van der Waals surface area contributed by atoms with Gasteiger partial charge in [0.05, 0.1) is 11.2 Å². The van der Waals surface area contributed by atoms with E-state index in [0.29, 0.717) is 31.5 Å². The summed E-state index contributed by atoms with van der Waals surface area (Å²) in [5.41, 5.74) is -1.11. The molecule has 2 heterocycles. The van der Waals surface area contributed by atoms with Gasteiger partial charge in [0, 0.05) is 26.5 Å². The molecule has 0 aliphatic carbocycles. The molecule has 5 nitrogen and oxygen atoms in total. The molecule has 0 bridgehead atoms. The molecule has 3 rings (SSSR count). The summed E-state index contributed by atoms with van der Waals surface area (Å²) in [7, 11) is 3.82. The minimum absolute atomic E-state index is 0.526. The number of hydrogen-bond acceptors (Lipinski definition) is 5. The first-order valence-electron chi connectivity index (χ1n) is 8.27. The second-order valence-corrected chi connectivity index (χ2v) is 6.30. The van der Waals surface area contributed by atoms with Crippen LogP contribution in [0.2, 0.25) is 0 Å². The van der Waals surface area contributed by atoms with Gasteiger partial charge in [-0.3, -0.25) is 0 Å². The van der Waals surface area contributed by atoms with Crippen LogP contribution in [-0.4, -0.2) is 42.3 Å². The van der Waals surface area contributed by atoms with Crippen molar-refractivity contribution in [1.82, 2.24) is 15.3 Å². The molecule has 0 saturated carbocycles. The van der Waals surface area contributed by atoms with Gasteiger partial charge >= 0.3 is 6.18 Å². The molecule has 0 spiro atoms. The molecule has 1 aromatic carbocycles. The minimum atomic E-state index is -4.32. The number of benzene rings is 1. The summed E-state index contributed by atoms with van der Waals surface area (Å²) >= 11 is 0. The van der Waals surface area contributed by atoms with Crippen LogP contribution in [0.25, 0.3) is 0 Å². The number of aliphatic hydroxyl groups is 1. The largest absolute Gasteiger partial charge is 0.416 e. The lowest BCUT2D eigenvalue weighted by atomic mass is 9.85. The van der Waals surface area contributed by atoms with Gasteiger partial charge in [0.25, 0.3) is 0 Å². The van der Waals surface area contributed by atoms with Crippen molar-refractivity contribution in [3.05, 3.63) is 53.9 Å². The summed E-state index contributed by atoms with van der Waals surface area (Å²) in [5.74, 6) is 0.748. The van der Waals surface area contributed by atoms with E-state index in [1.54, 1.807) is 18.5 Å². The molecule has 1 aliphatic rings. The average molecular weight is 368 g/mol. The molecule has 0 radical (unpaired) electrons. The number of nitrogens with zero attached hydrogens (tertiary/aromatic N) is 3. The Kier molecular flexibility index (Phi) is 6.55. The van der Waals surface area contributed by atoms with E-state index in [9.17, 15) is 18.3 Å². The molecular weight excluding hydrogens is 345 g/mol. The van der Waals surface area contributed by atoms with Crippen LogP contribution in [-0.2, 0) is 11.8 Å². The normalized spacial score (nSPS) is 16.4. The number of rotatable bonds is 2. The van der Waals surface area contributed by atoms with E-state index in [2.05, 4.69) is 15.3 Å². The summed E-state index contributed by atoms with van der Waals surface area (Å²) in [5, 5.41) is 13.4. The Bertz CT molecular complexity index is 669. The summed E-state index contributed by atoms with van der Waals surface area (Å²) < 4.78 is 37.2. The van der Waals surface area contributed by atoms with Crippen LogP contribution in [0.3, 0.4) is 0 Å². The number of alkyl halides is 3. The zero-order valence-electron chi connectivity index (χ0n) is 14.8. The fraction of sp³-hybridized carbons (Fsp3) is 0.444. The summed E-state index contributed by atoms with van der Waals surface area (Å²) in [6.07, 6.45) is 0.177. The second kappa shape index (κ2) is 8.46. The molecule has 1 aliphatic heterocycles. The maximum Gasteiger partial charge on any atom is 0.416 e. The van der Waals surface area contributed by atoms with Gasteiger partial charge in [-0.2, -0.15) is 13.2 Å². The van der Waals surface area contributed by atoms with Crippen molar-refractivity contribution in [2.75, 3.05) is 32.1 Å². The number of nitrogens with one attached hydrogen (secondary N) is 1. The van der Waals surface area contributed by atoms with Gasteiger partial charge in [-0.1, -0.05) is 12.1 Å². The van der Waals surface area contributed by atoms with Crippen LogP contribution in [0.15, 0.2) is 42.7 Å².